The molecule has 0 atom stereocenters. The fourth-order valence-electron chi connectivity index (χ4n) is 1.80. The third kappa shape index (κ3) is 2.81. The number of hydrogen-bond donors (Lipinski definition) is 0. The zero-order valence-electron chi connectivity index (χ0n) is 11.3. The van der Waals surface area contributed by atoms with Crippen LogP contribution >= 0.6 is 0 Å². The second-order valence-corrected chi connectivity index (χ2v) is 4.17. The van der Waals surface area contributed by atoms with Crippen molar-refractivity contribution in [2.75, 3.05) is 25.1 Å². The fraction of sp³-hybridized carbons (Fsp3) is 0.500. The summed E-state index contributed by atoms with van der Waals surface area (Å²) in [6, 6.07) is 0. The van der Waals surface area contributed by atoms with Crippen LogP contribution in [0.15, 0.2) is 12.4 Å². The molecule has 0 N–H and O–H groups in total. The normalized spacial score (nSPS) is 10.7. The zero-order chi connectivity index (χ0) is 13.8. The second-order valence-electron chi connectivity index (χ2n) is 4.17. The summed E-state index contributed by atoms with van der Waals surface area (Å²) in [5.41, 5.74) is 0.686. The summed E-state index contributed by atoms with van der Waals surface area (Å²) < 4.78 is 6.76. The van der Waals surface area contributed by atoms with E-state index >= 15 is 0 Å². The summed E-state index contributed by atoms with van der Waals surface area (Å²) in [5, 5.41) is 8.11. The number of rotatable bonds is 5. The molecule has 2 heterocycles. The molecule has 0 aliphatic heterocycles. The molecular weight excluding hydrogens is 246 g/mol. The molecule has 7 heteroatoms. The number of anilines is 1. The quantitative estimate of drug-likeness (QED) is 0.744. The van der Waals surface area contributed by atoms with Gasteiger partial charge >= 0.3 is 5.97 Å². The van der Waals surface area contributed by atoms with E-state index in [0.29, 0.717) is 31.0 Å². The van der Waals surface area contributed by atoms with Gasteiger partial charge in [-0.1, -0.05) is 0 Å². The third-order valence-electron chi connectivity index (χ3n) is 2.80. The van der Waals surface area contributed by atoms with Crippen LogP contribution in [0.25, 0.3) is 5.65 Å². The molecule has 19 heavy (non-hydrogen) atoms. The number of carbonyl (C=O) groups excluding carboxylic acids is 1. The minimum absolute atomic E-state index is 0.209. The molecule has 0 aromatic carbocycles. The molecule has 7 nitrogen and oxygen atoms in total. The number of esters is 1. The van der Waals surface area contributed by atoms with E-state index in [1.54, 1.807) is 13.1 Å². The van der Waals surface area contributed by atoms with Gasteiger partial charge in [-0.05, 0) is 13.8 Å². The molecule has 0 spiro atoms. The molecule has 0 aliphatic carbocycles. The van der Waals surface area contributed by atoms with E-state index in [4.69, 9.17) is 4.74 Å². The van der Waals surface area contributed by atoms with Gasteiger partial charge in [-0.2, -0.15) is 0 Å². The van der Waals surface area contributed by atoms with Crippen molar-refractivity contribution in [3.63, 3.8) is 0 Å². The lowest BCUT2D eigenvalue weighted by molar-refractivity contribution is -0.142. The van der Waals surface area contributed by atoms with Gasteiger partial charge in [0.1, 0.15) is 5.82 Å². The summed E-state index contributed by atoms with van der Waals surface area (Å²) in [4.78, 5) is 17.5. The number of aryl methyl sites for hydroxylation is 1. The molecule has 0 fully saturated rings. The largest absolute Gasteiger partial charge is 0.466 e. The number of carbonyl (C=O) groups is 1. The molecule has 2 aromatic rings. The van der Waals surface area contributed by atoms with Crippen molar-refractivity contribution >= 4 is 17.4 Å². The summed E-state index contributed by atoms with van der Waals surface area (Å²) >= 11 is 0. The highest BCUT2D eigenvalue weighted by Crippen LogP contribution is 2.16. The molecule has 0 unspecified atom stereocenters. The van der Waals surface area contributed by atoms with E-state index in [1.165, 1.54) is 0 Å². The highest BCUT2D eigenvalue weighted by atomic mass is 16.5. The van der Waals surface area contributed by atoms with Crippen molar-refractivity contribution in [2.45, 2.75) is 20.3 Å². The van der Waals surface area contributed by atoms with Gasteiger partial charge in [-0.15, -0.1) is 10.2 Å². The Labute approximate surface area is 111 Å². The standard InChI is InChI=1S/C12H17N5O2/c1-4-19-10(18)5-7-16(3)11-12-15-14-9(2)17(12)8-6-13-11/h6,8H,4-5,7H2,1-3H3. The minimum Gasteiger partial charge on any atom is -0.466 e. The maximum atomic E-state index is 11.3. The predicted octanol–water partition coefficient (Wildman–Crippen LogP) is 0.822. The fourth-order valence-corrected chi connectivity index (χ4v) is 1.80. The van der Waals surface area contributed by atoms with Crippen molar-refractivity contribution in [1.29, 1.82) is 0 Å². The van der Waals surface area contributed by atoms with Crippen molar-refractivity contribution in [3.05, 3.63) is 18.2 Å². The van der Waals surface area contributed by atoms with Crippen LogP contribution in [-0.2, 0) is 9.53 Å². The first-order valence-corrected chi connectivity index (χ1v) is 6.16. The van der Waals surface area contributed by atoms with E-state index in [0.717, 1.165) is 5.82 Å². The average Bonchev–Trinajstić information content (AvgIpc) is 2.78. The SMILES string of the molecule is CCOC(=O)CCN(C)c1nccn2c(C)nnc12. The monoisotopic (exact) mass is 263 g/mol. The van der Waals surface area contributed by atoms with E-state index in [9.17, 15) is 4.79 Å². The Morgan fingerprint density at radius 3 is 3.00 bits per heavy atom. The van der Waals surface area contributed by atoms with Crippen LogP contribution in [0.4, 0.5) is 5.82 Å². The smallest absolute Gasteiger partial charge is 0.307 e. The highest BCUT2D eigenvalue weighted by molar-refractivity contribution is 5.71. The number of aromatic nitrogens is 4. The van der Waals surface area contributed by atoms with Gasteiger partial charge in [0.25, 0.3) is 0 Å². The van der Waals surface area contributed by atoms with E-state index in [1.807, 2.05) is 29.5 Å². The molecule has 0 amide bonds. The summed E-state index contributed by atoms with van der Waals surface area (Å²) in [6.07, 6.45) is 3.83. The van der Waals surface area contributed by atoms with Crippen molar-refractivity contribution < 1.29 is 9.53 Å². The van der Waals surface area contributed by atoms with Gasteiger partial charge in [-0.25, -0.2) is 4.98 Å². The Morgan fingerprint density at radius 1 is 1.47 bits per heavy atom. The Bertz CT molecular complexity index is 581. The minimum atomic E-state index is -0.209. The number of nitrogens with zero attached hydrogens (tertiary/aromatic N) is 5. The summed E-state index contributed by atoms with van der Waals surface area (Å²) in [5.74, 6) is 1.30. The molecule has 0 bridgehead atoms. The zero-order valence-corrected chi connectivity index (χ0v) is 11.3. The van der Waals surface area contributed by atoms with Crippen LogP contribution in [-0.4, -0.2) is 45.8 Å². The van der Waals surface area contributed by atoms with Crippen molar-refractivity contribution in [3.8, 4) is 0 Å². The molecule has 0 aliphatic rings. The van der Waals surface area contributed by atoms with Crippen LogP contribution in [0.1, 0.15) is 19.2 Å². The van der Waals surface area contributed by atoms with Gasteiger partial charge in [-0.3, -0.25) is 9.20 Å². The van der Waals surface area contributed by atoms with Gasteiger partial charge < -0.3 is 9.64 Å². The van der Waals surface area contributed by atoms with Crippen LogP contribution in [0, 0.1) is 6.92 Å². The maximum absolute atomic E-state index is 11.3. The molecular formula is C12H17N5O2. The van der Waals surface area contributed by atoms with Crippen molar-refractivity contribution in [2.24, 2.45) is 0 Å². The number of hydrogen-bond acceptors (Lipinski definition) is 6. The van der Waals surface area contributed by atoms with E-state index in [-0.39, 0.29) is 5.97 Å². The first kappa shape index (κ1) is 13.3. The Morgan fingerprint density at radius 2 is 2.26 bits per heavy atom. The van der Waals surface area contributed by atoms with Crippen molar-refractivity contribution in [1.82, 2.24) is 19.6 Å². The Hall–Kier alpha value is -2.18. The van der Waals surface area contributed by atoms with E-state index in [2.05, 4.69) is 15.2 Å². The predicted molar refractivity (Wildman–Crippen MR) is 70.0 cm³/mol. The number of ether oxygens (including phenoxy) is 1. The Balaban J connectivity index is 2.13. The van der Waals surface area contributed by atoms with Gasteiger partial charge in [0.2, 0.25) is 5.65 Å². The lowest BCUT2D eigenvalue weighted by Crippen LogP contribution is -2.23. The summed E-state index contributed by atoms with van der Waals surface area (Å²) in [6.45, 7) is 4.60. The summed E-state index contributed by atoms with van der Waals surface area (Å²) in [7, 11) is 1.87. The first-order chi connectivity index (χ1) is 9.13. The van der Waals surface area contributed by atoms with E-state index < -0.39 is 0 Å². The molecule has 0 saturated heterocycles. The highest BCUT2D eigenvalue weighted by Gasteiger charge is 2.13. The average molecular weight is 263 g/mol. The second kappa shape index (κ2) is 5.64. The molecule has 102 valence electrons. The molecule has 0 radical (unpaired) electrons. The maximum Gasteiger partial charge on any atom is 0.307 e. The lowest BCUT2D eigenvalue weighted by atomic mass is 10.4. The topological polar surface area (TPSA) is 72.6 Å². The third-order valence-corrected chi connectivity index (χ3v) is 2.80. The number of fused-ring (bicyclic) bond motifs is 1. The van der Waals surface area contributed by atoms with Gasteiger partial charge in [0.15, 0.2) is 5.82 Å². The molecule has 2 rings (SSSR count). The molecule has 2 aromatic heterocycles. The first-order valence-electron chi connectivity index (χ1n) is 6.16. The molecule has 0 saturated carbocycles. The van der Waals surface area contributed by atoms with Crippen LogP contribution in [0.5, 0.6) is 0 Å². The lowest BCUT2D eigenvalue weighted by Gasteiger charge is -2.17. The Kier molecular flexibility index (Phi) is 3.94. The van der Waals surface area contributed by atoms with Crippen LogP contribution in [0.3, 0.4) is 0 Å². The van der Waals surface area contributed by atoms with Crippen LogP contribution in [0.2, 0.25) is 0 Å². The van der Waals surface area contributed by atoms with Gasteiger partial charge in [0.05, 0.1) is 13.0 Å². The van der Waals surface area contributed by atoms with Crippen LogP contribution < -0.4 is 4.90 Å². The van der Waals surface area contributed by atoms with Gasteiger partial charge in [0, 0.05) is 26.0 Å².